The third-order valence-corrected chi connectivity index (χ3v) is 5.25. The van der Waals surface area contributed by atoms with E-state index >= 15 is 0 Å². The van der Waals surface area contributed by atoms with Gasteiger partial charge in [0.25, 0.3) is 5.91 Å². The van der Waals surface area contributed by atoms with Gasteiger partial charge in [-0.15, -0.1) is 13.2 Å². The number of halogens is 6. The number of hydrogen-bond donors (Lipinski definition) is 1. The number of hydrogen-bond acceptors (Lipinski definition) is 4. The Balaban J connectivity index is 1.67. The predicted molar refractivity (Wildman–Crippen MR) is 118 cm³/mol. The van der Waals surface area contributed by atoms with Crippen LogP contribution in [-0.2, 0) is 11.0 Å². The fourth-order valence-electron chi connectivity index (χ4n) is 3.68. The van der Waals surface area contributed by atoms with E-state index in [4.69, 9.17) is 0 Å². The Kier molecular flexibility index (Phi) is 6.37. The maximum atomic E-state index is 13.3. The molecular formula is C25H15F6N3O2. The topological polar surface area (TPSA) is 65.4 Å². The molecule has 0 saturated heterocycles. The van der Waals surface area contributed by atoms with Crippen LogP contribution in [0.5, 0.6) is 5.75 Å². The molecule has 0 radical (unpaired) electrons. The van der Waals surface area contributed by atoms with Gasteiger partial charge < -0.3 is 10.1 Å². The molecule has 1 N–H and O–H groups in total. The Hall–Kier alpha value is -4.46. The molecule has 1 aliphatic rings. The van der Waals surface area contributed by atoms with Crippen molar-refractivity contribution in [3.63, 3.8) is 0 Å². The summed E-state index contributed by atoms with van der Waals surface area (Å²) in [6.07, 6.45) is -7.89. The molecule has 0 bridgehead atoms. The summed E-state index contributed by atoms with van der Waals surface area (Å²) in [6, 6.07) is 16.4. The van der Waals surface area contributed by atoms with E-state index in [-0.39, 0.29) is 17.1 Å². The number of carbonyl (C=O) groups excluding carboxylic acids is 1. The summed E-state index contributed by atoms with van der Waals surface area (Å²) < 4.78 is 80.1. The Morgan fingerprint density at radius 1 is 0.917 bits per heavy atom. The van der Waals surface area contributed by atoms with Crippen LogP contribution >= 0.6 is 0 Å². The first-order valence-electron chi connectivity index (χ1n) is 10.3. The molecule has 36 heavy (non-hydrogen) atoms. The van der Waals surface area contributed by atoms with Gasteiger partial charge in [0.1, 0.15) is 11.4 Å². The average Bonchev–Trinajstić information content (AvgIpc) is 3.15. The standard InChI is InChI=1S/C25H15F6N3O2/c26-24(27,28)17-4-8-19(9-5-17)34-22(16-3-1-2-15(12-16)14-32)13-21(23(34)35)33-18-6-10-20(11-7-18)36-25(29,30)31/h1-13,22,33H. The lowest BCUT2D eigenvalue weighted by Gasteiger charge is -2.25. The highest BCUT2D eigenvalue weighted by Crippen LogP contribution is 2.38. The van der Waals surface area contributed by atoms with Gasteiger partial charge in [-0.05, 0) is 72.3 Å². The van der Waals surface area contributed by atoms with Crippen molar-refractivity contribution in [3.05, 3.63) is 101 Å². The Bertz CT molecular complexity index is 1340. The first-order chi connectivity index (χ1) is 16.9. The summed E-state index contributed by atoms with van der Waals surface area (Å²) in [5.74, 6) is -1.03. The van der Waals surface area contributed by atoms with Gasteiger partial charge in [-0.2, -0.15) is 18.4 Å². The van der Waals surface area contributed by atoms with Crippen molar-refractivity contribution in [2.75, 3.05) is 10.2 Å². The van der Waals surface area contributed by atoms with Crippen LogP contribution in [-0.4, -0.2) is 12.3 Å². The Morgan fingerprint density at radius 2 is 1.58 bits per heavy atom. The zero-order valence-corrected chi connectivity index (χ0v) is 18.1. The molecule has 11 heteroatoms. The number of rotatable bonds is 5. The number of ether oxygens (including phenoxy) is 1. The number of anilines is 2. The maximum absolute atomic E-state index is 13.3. The van der Waals surface area contributed by atoms with E-state index in [9.17, 15) is 36.4 Å². The van der Waals surface area contributed by atoms with Crippen molar-refractivity contribution in [1.82, 2.24) is 0 Å². The van der Waals surface area contributed by atoms with Crippen molar-refractivity contribution in [1.29, 1.82) is 5.26 Å². The highest BCUT2D eigenvalue weighted by molar-refractivity contribution is 6.11. The first-order valence-corrected chi connectivity index (χ1v) is 10.3. The number of nitrogens with one attached hydrogen (secondary N) is 1. The summed E-state index contributed by atoms with van der Waals surface area (Å²) in [7, 11) is 0. The summed E-state index contributed by atoms with van der Waals surface area (Å²) in [6.45, 7) is 0. The van der Waals surface area contributed by atoms with E-state index in [0.717, 1.165) is 24.3 Å². The molecule has 1 unspecified atom stereocenters. The zero-order chi connectivity index (χ0) is 26.1. The highest BCUT2D eigenvalue weighted by Gasteiger charge is 2.36. The van der Waals surface area contributed by atoms with Crippen molar-refractivity contribution in [3.8, 4) is 11.8 Å². The van der Waals surface area contributed by atoms with Gasteiger partial charge >= 0.3 is 12.5 Å². The largest absolute Gasteiger partial charge is 0.573 e. The molecule has 0 fully saturated rings. The summed E-state index contributed by atoms with van der Waals surface area (Å²) >= 11 is 0. The van der Waals surface area contributed by atoms with Crippen LogP contribution in [0.2, 0.25) is 0 Å². The number of benzene rings is 3. The molecule has 0 spiro atoms. The molecule has 1 amide bonds. The van der Waals surface area contributed by atoms with E-state index in [0.29, 0.717) is 11.1 Å². The minimum atomic E-state index is -4.85. The SMILES string of the molecule is N#Cc1cccc(C2C=C(Nc3ccc(OC(F)(F)F)cc3)C(=O)N2c2ccc(C(F)(F)F)cc2)c1. The molecule has 1 atom stereocenters. The van der Waals surface area contributed by atoms with Gasteiger partial charge in [0.15, 0.2) is 0 Å². The number of amides is 1. The third-order valence-electron chi connectivity index (χ3n) is 5.25. The Morgan fingerprint density at radius 3 is 2.17 bits per heavy atom. The van der Waals surface area contributed by atoms with Crippen molar-refractivity contribution >= 4 is 17.3 Å². The molecule has 184 valence electrons. The lowest BCUT2D eigenvalue weighted by atomic mass is 10.0. The normalized spacial score (nSPS) is 15.9. The molecule has 5 nitrogen and oxygen atoms in total. The maximum Gasteiger partial charge on any atom is 0.573 e. The number of nitriles is 1. The van der Waals surface area contributed by atoms with Crippen LogP contribution < -0.4 is 15.0 Å². The third kappa shape index (κ3) is 5.43. The second-order valence-corrected chi connectivity index (χ2v) is 7.68. The predicted octanol–water partition coefficient (Wildman–Crippen LogP) is 6.56. The lowest BCUT2D eigenvalue weighted by molar-refractivity contribution is -0.274. The molecule has 0 saturated carbocycles. The van der Waals surface area contributed by atoms with Crippen LogP contribution in [0.15, 0.2) is 84.6 Å². The molecule has 4 rings (SSSR count). The van der Waals surface area contributed by atoms with E-state index in [1.807, 2.05) is 6.07 Å². The minimum Gasteiger partial charge on any atom is -0.406 e. The fourth-order valence-corrected chi connectivity index (χ4v) is 3.68. The molecule has 1 heterocycles. The quantitative estimate of drug-likeness (QED) is 0.401. The first kappa shape index (κ1) is 24.7. The van der Waals surface area contributed by atoms with Gasteiger partial charge in [0, 0.05) is 11.4 Å². The van der Waals surface area contributed by atoms with Crippen LogP contribution in [0, 0.1) is 11.3 Å². The van der Waals surface area contributed by atoms with Crippen LogP contribution in [0.1, 0.15) is 22.7 Å². The van der Waals surface area contributed by atoms with E-state index < -0.39 is 35.8 Å². The zero-order valence-electron chi connectivity index (χ0n) is 18.1. The molecule has 1 aliphatic heterocycles. The van der Waals surface area contributed by atoms with E-state index in [1.165, 1.54) is 35.2 Å². The van der Waals surface area contributed by atoms with Crippen LogP contribution in [0.4, 0.5) is 37.7 Å². The monoisotopic (exact) mass is 503 g/mol. The van der Waals surface area contributed by atoms with E-state index in [1.54, 1.807) is 24.3 Å². The highest BCUT2D eigenvalue weighted by atomic mass is 19.4. The molecular weight excluding hydrogens is 488 g/mol. The smallest absolute Gasteiger partial charge is 0.406 e. The number of carbonyl (C=O) groups is 1. The second-order valence-electron chi connectivity index (χ2n) is 7.68. The summed E-state index contributed by atoms with van der Waals surface area (Å²) in [4.78, 5) is 14.6. The minimum absolute atomic E-state index is 0.0479. The number of alkyl halides is 6. The molecule has 3 aromatic rings. The van der Waals surface area contributed by atoms with Crippen molar-refractivity contribution in [2.45, 2.75) is 18.6 Å². The van der Waals surface area contributed by atoms with Gasteiger partial charge in [0.2, 0.25) is 0 Å². The van der Waals surface area contributed by atoms with Gasteiger partial charge in [-0.25, -0.2) is 0 Å². The van der Waals surface area contributed by atoms with E-state index in [2.05, 4.69) is 10.1 Å². The summed E-state index contributed by atoms with van der Waals surface area (Å²) in [5.41, 5.74) is 0.487. The van der Waals surface area contributed by atoms with Crippen LogP contribution in [0.3, 0.4) is 0 Å². The summed E-state index contributed by atoms with van der Waals surface area (Å²) in [5, 5.41) is 12.1. The van der Waals surface area contributed by atoms with Crippen molar-refractivity contribution < 1.29 is 35.9 Å². The van der Waals surface area contributed by atoms with Crippen LogP contribution in [0.25, 0.3) is 0 Å². The second kappa shape index (κ2) is 9.30. The molecule has 0 aromatic heterocycles. The van der Waals surface area contributed by atoms with Crippen molar-refractivity contribution in [2.24, 2.45) is 0 Å². The Labute approximate surface area is 200 Å². The molecule has 3 aromatic carbocycles. The number of nitrogens with zero attached hydrogens (tertiary/aromatic N) is 2. The average molecular weight is 503 g/mol. The van der Waals surface area contributed by atoms with Gasteiger partial charge in [-0.1, -0.05) is 12.1 Å². The van der Waals surface area contributed by atoms with Gasteiger partial charge in [0.05, 0.1) is 23.2 Å². The lowest BCUT2D eigenvalue weighted by Crippen LogP contribution is -2.30. The van der Waals surface area contributed by atoms with Gasteiger partial charge in [-0.3, -0.25) is 9.69 Å². The molecule has 0 aliphatic carbocycles. The fraction of sp³-hybridized carbons (Fsp3) is 0.120.